The first kappa shape index (κ1) is 18.3. The van der Waals surface area contributed by atoms with E-state index < -0.39 is 0 Å². The van der Waals surface area contributed by atoms with Gasteiger partial charge in [0.15, 0.2) is 0 Å². The van der Waals surface area contributed by atoms with Gasteiger partial charge in [0.25, 0.3) is 0 Å². The average molecular weight is 399 g/mol. The van der Waals surface area contributed by atoms with E-state index in [0.29, 0.717) is 11.8 Å². The van der Waals surface area contributed by atoms with E-state index in [-0.39, 0.29) is 0 Å². The molecule has 0 spiro atoms. The Bertz CT molecular complexity index is 850. The van der Waals surface area contributed by atoms with Gasteiger partial charge in [0.05, 0.1) is 5.39 Å². The molecule has 2 fully saturated rings. The van der Waals surface area contributed by atoms with Crippen molar-refractivity contribution < 1.29 is 4.79 Å². The third kappa shape index (κ3) is 3.51. The number of hydrogen-bond acceptors (Lipinski definition) is 5. The number of aromatic nitrogens is 2. The molecule has 1 saturated heterocycles. The van der Waals surface area contributed by atoms with Crippen molar-refractivity contribution in [2.24, 2.45) is 5.92 Å². The molecule has 0 radical (unpaired) electrons. The van der Waals surface area contributed by atoms with Gasteiger partial charge in [-0.15, -0.1) is 11.3 Å². The second-order valence-corrected chi connectivity index (χ2v) is 9.75. The normalized spacial score (nSPS) is 21.1. The first-order valence-electron chi connectivity index (χ1n) is 11.1. The van der Waals surface area contributed by atoms with Gasteiger partial charge in [-0.05, 0) is 50.0 Å². The molecule has 0 unspecified atom stereocenters. The Balaban J connectivity index is 1.28. The molecule has 5 nitrogen and oxygen atoms in total. The lowest BCUT2D eigenvalue weighted by molar-refractivity contribution is -0.132. The van der Waals surface area contributed by atoms with Gasteiger partial charge in [0.1, 0.15) is 17.0 Å². The lowest BCUT2D eigenvalue weighted by atomic mass is 9.86. The fourth-order valence-corrected chi connectivity index (χ4v) is 6.47. The Hall–Kier alpha value is -1.69. The minimum absolute atomic E-state index is 0.368. The number of thiophene rings is 1. The summed E-state index contributed by atoms with van der Waals surface area (Å²) in [4.78, 5) is 29.2. The second-order valence-electron chi connectivity index (χ2n) is 8.66. The number of fused-ring (bicyclic) bond motifs is 3. The summed E-state index contributed by atoms with van der Waals surface area (Å²) in [5.74, 6) is 2.09. The maximum atomic E-state index is 12.8. The van der Waals surface area contributed by atoms with E-state index in [1.54, 1.807) is 6.33 Å². The third-order valence-electron chi connectivity index (χ3n) is 6.85. The summed E-state index contributed by atoms with van der Waals surface area (Å²) >= 11 is 1.86. The number of hydrogen-bond donors (Lipinski definition) is 0. The maximum absolute atomic E-state index is 12.8. The molecule has 1 aliphatic heterocycles. The molecule has 3 heterocycles. The van der Waals surface area contributed by atoms with Crippen LogP contribution in [0.5, 0.6) is 0 Å². The second kappa shape index (κ2) is 7.97. The molecule has 6 heteroatoms. The van der Waals surface area contributed by atoms with Crippen molar-refractivity contribution in [3.05, 3.63) is 16.8 Å². The van der Waals surface area contributed by atoms with Gasteiger partial charge < -0.3 is 9.80 Å². The van der Waals surface area contributed by atoms with E-state index >= 15 is 0 Å². The highest BCUT2D eigenvalue weighted by Crippen LogP contribution is 2.39. The molecule has 1 amide bonds. The summed E-state index contributed by atoms with van der Waals surface area (Å²) in [5, 5.41) is 1.30. The van der Waals surface area contributed by atoms with Gasteiger partial charge in [0, 0.05) is 37.5 Å². The SMILES string of the molecule is O=C(CC1CCCCC1)N1CCN(c2ncnc3sc4c(c23)CCCC4)CC1. The molecule has 2 aromatic heterocycles. The topological polar surface area (TPSA) is 49.3 Å². The highest BCUT2D eigenvalue weighted by molar-refractivity contribution is 7.19. The van der Waals surface area contributed by atoms with E-state index in [0.717, 1.165) is 49.7 Å². The van der Waals surface area contributed by atoms with E-state index in [4.69, 9.17) is 4.98 Å². The number of piperazine rings is 1. The van der Waals surface area contributed by atoms with Gasteiger partial charge in [0.2, 0.25) is 5.91 Å². The molecular formula is C22H30N4OS. The first-order chi connectivity index (χ1) is 13.8. The van der Waals surface area contributed by atoms with Crippen molar-refractivity contribution in [3.8, 4) is 0 Å². The van der Waals surface area contributed by atoms with Crippen molar-refractivity contribution in [3.63, 3.8) is 0 Å². The number of carbonyl (C=O) groups excluding carboxylic acids is 1. The number of amides is 1. The van der Waals surface area contributed by atoms with Crippen molar-refractivity contribution in [1.82, 2.24) is 14.9 Å². The molecule has 150 valence electrons. The zero-order valence-corrected chi connectivity index (χ0v) is 17.5. The van der Waals surface area contributed by atoms with Crippen LogP contribution in [0.4, 0.5) is 5.82 Å². The Morgan fingerprint density at radius 1 is 1.00 bits per heavy atom. The molecule has 2 aliphatic carbocycles. The van der Waals surface area contributed by atoms with Crippen LogP contribution >= 0.6 is 11.3 Å². The molecular weight excluding hydrogens is 368 g/mol. The van der Waals surface area contributed by atoms with Crippen LogP contribution in [-0.4, -0.2) is 47.0 Å². The fraction of sp³-hybridized carbons (Fsp3) is 0.682. The highest BCUT2D eigenvalue weighted by atomic mass is 32.1. The molecule has 0 atom stereocenters. The first-order valence-corrected chi connectivity index (χ1v) is 11.9. The van der Waals surface area contributed by atoms with Crippen LogP contribution in [0.2, 0.25) is 0 Å². The van der Waals surface area contributed by atoms with E-state index in [1.165, 1.54) is 67.2 Å². The van der Waals surface area contributed by atoms with Crippen molar-refractivity contribution >= 4 is 33.3 Å². The van der Waals surface area contributed by atoms with E-state index in [2.05, 4.69) is 14.8 Å². The van der Waals surface area contributed by atoms with Crippen molar-refractivity contribution in [2.75, 3.05) is 31.1 Å². The predicted molar refractivity (Wildman–Crippen MR) is 114 cm³/mol. The number of rotatable bonds is 3. The summed E-state index contributed by atoms with van der Waals surface area (Å²) in [6.07, 6.45) is 13.9. The largest absolute Gasteiger partial charge is 0.352 e. The Morgan fingerprint density at radius 2 is 1.79 bits per heavy atom. The smallest absolute Gasteiger partial charge is 0.222 e. The lowest BCUT2D eigenvalue weighted by Gasteiger charge is -2.36. The molecule has 0 aromatic carbocycles. The zero-order valence-electron chi connectivity index (χ0n) is 16.7. The van der Waals surface area contributed by atoms with Crippen LogP contribution in [0.15, 0.2) is 6.33 Å². The predicted octanol–water partition coefficient (Wildman–Crippen LogP) is 4.19. The van der Waals surface area contributed by atoms with E-state index in [9.17, 15) is 4.79 Å². The third-order valence-corrected chi connectivity index (χ3v) is 8.05. The van der Waals surface area contributed by atoms with Gasteiger partial charge in [-0.1, -0.05) is 19.3 Å². The number of carbonyl (C=O) groups is 1. The standard InChI is InChI=1S/C22H30N4OS/c27-19(14-16-6-2-1-3-7-16)25-10-12-26(13-11-25)21-20-17-8-4-5-9-18(17)28-22(20)24-15-23-21/h15-16H,1-14H2. The van der Waals surface area contributed by atoms with Crippen LogP contribution in [0, 0.1) is 5.92 Å². The van der Waals surface area contributed by atoms with E-state index in [1.807, 2.05) is 11.3 Å². The molecule has 0 N–H and O–H groups in total. The minimum Gasteiger partial charge on any atom is -0.352 e. The molecule has 28 heavy (non-hydrogen) atoms. The van der Waals surface area contributed by atoms with Crippen LogP contribution in [-0.2, 0) is 17.6 Å². The monoisotopic (exact) mass is 398 g/mol. The van der Waals surface area contributed by atoms with Gasteiger partial charge >= 0.3 is 0 Å². The Morgan fingerprint density at radius 3 is 2.61 bits per heavy atom. The molecule has 3 aliphatic rings. The summed E-state index contributed by atoms with van der Waals surface area (Å²) in [7, 11) is 0. The Labute approximate surface area is 171 Å². The highest BCUT2D eigenvalue weighted by Gasteiger charge is 2.27. The van der Waals surface area contributed by atoms with Gasteiger partial charge in [-0.3, -0.25) is 4.79 Å². The van der Waals surface area contributed by atoms with Crippen LogP contribution in [0.25, 0.3) is 10.2 Å². The summed E-state index contributed by atoms with van der Waals surface area (Å²) in [5.41, 5.74) is 1.50. The zero-order chi connectivity index (χ0) is 18.9. The van der Waals surface area contributed by atoms with Crippen LogP contribution < -0.4 is 4.90 Å². The van der Waals surface area contributed by atoms with Crippen molar-refractivity contribution in [2.45, 2.75) is 64.2 Å². The maximum Gasteiger partial charge on any atom is 0.222 e. The molecule has 1 saturated carbocycles. The average Bonchev–Trinajstić information content (AvgIpc) is 3.13. The Kier molecular flexibility index (Phi) is 5.22. The number of anilines is 1. The minimum atomic E-state index is 0.368. The molecule has 2 aromatic rings. The number of nitrogens with zero attached hydrogens (tertiary/aromatic N) is 4. The molecule has 0 bridgehead atoms. The fourth-order valence-electron chi connectivity index (χ4n) is 5.25. The van der Waals surface area contributed by atoms with Gasteiger partial charge in [-0.25, -0.2) is 9.97 Å². The number of aryl methyl sites for hydroxylation is 2. The summed E-state index contributed by atoms with van der Waals surface area (Å²) in [6.45, 7) is 3.41. The summed E-state index contributed by atoms with van der Waals surface area (Å²) in [6, 6.07) is 0. The van der Waals surface area contributed by atoms with Crippen LogP contribution in [0.3, 0.4) is 0 Å². The summed E-state index contributed by atoms with van der Waals surface area (Å²) < 4.78 is 0. The van der Waals surface area contributed by atoms with Crippen molar-refractivity contribution in [1.29, 1.82) is 0 Å². The van der Waals surface area contributed by atoms with Gasteiger partial charge in [-0.2, -0.15) is 0 Å². The van der Waals surface area contributed by atoms with Crippen LogP contribution in [0.1, 0.15) is 61.8 Å². The lowest BCUT2D eigenvalue weighted by Crippen LogP contribution is -2.49. The molecule has 5 rings (SSSR count). The quantitative estimate of drug-likeness (QED) is 0.778.